The molecule has 6 heteroatoms. The molecule has 0 nitrogen and oxygen atoms in total. The smallest absolute Gasteiger partial charge is 0.0626 e. The molecule has 0 aromatic heterocycles. The SMILES string of the molecule is [Al+3].[BH4-].[BH4-].[BH4-].[BH4-].[Na+]. The van der Waals surface area contributed by atoms with Crippen LogP contribution in [0.2, 0.25) is 0 Å². The Labute approximate surface area is 79.9 Å². The molecule has 0 rings (SSSR count). The summed E-state index contributed by atoms with van der Waals surface area (Å²) in [6.07, 6.45) is 0. The van der Waals surface area contributed by atoms with E-state index in [9.17, 15) is 0 Å². The van der Waals surface area contributed by atoms with Crippen LogP contribution < -0.4 is 29.6 Å². The van der Waals surface area contributed by atoms with Crippen molar-refractivity contribution in [2.75, 3.05) is 0 Å². The van der Waals surface area contributed by atoms with Crippen molar-refractivity contribution in [1.82, 2.24) is 0 Å². The molecule has 0 aliphatic carbocycles. The Bertz CT molecular complexity index is 7.51. The fraction of sp³-hybridized carbons (Fsp3) is 0. The molecule has 0 saturated carbocycles. The summed E-state index contributed by atoms with van der Waals surface area (Å²) in [5.74, 6) is 0. The number of hydrogen-bond acceptors (Lipinski definition) is 0. The van der Waals surface area contributed by atoms with Crippen molar-refractivity contribution in [3.05, 3.63) is 0 Å². The summed E-state index contributed by atoms with van der Waals surface area (Å²) >= 11 is 0. The van der Waals surface area contributed by atoms with E-state index < -0.39 is 0 Å². The van der Waals surface area contributed by atoms with Crippen LogP contribution in [0.4, 0.5) is 0 Å². The fourth-order valence-electron chi connectivity index (χ4n) is 0. The first-order valence-corrected chi connectivity index (χ1v) is 0. The molecule has 0 N–H and O–H groups in total. The number of rotatable bonds is 0. The van der Waals surface area contributed by atoms with E-state index in [4.69, 9.17) is 0 Å². The molecule has 6 heavy (non-hydrogen) atoms. The van der Waals surface area contributed by atoms with Crippen molar-refractivity contribution in [2.24, 2.45) is 0 Å². The minimum absolute atomic E-state index is 0. The van der Waals surface area contributed by atoms with E-state index in [0.29, 0.717) is 0 Å². The van der Waals surface area contributed by atoms with Gasteiger partial charge in [-0.05, 0) is 0 Å². The maximum Gasteiger partial charge on any atom is 3.00 e. The van der Waals surface area contributed by atoms with E-state index in [1.54, 1.807) is 0 Å². The van der Waals surface area contributed by atoms with Crippen molar-refractivity contribution in [3.63, 3.8) is 0 Å². The molecule has 0 bridgehead atoms. The van der Waals surface area contributed by atoms with E-state index >= 15 is 0 Å². The van der Waals surface area contributed by atoms with Gasteiger partial charge in [-0.3, -0.25) is 0 Å². The average molecular weight is 109 g/mol. The summed E-state index contributed by atoms with van der Waals surface area (Å²) < 4.78 is 0. The molecular weight excluding hydrogens is 93.2 g/mol. The third-order valence-corrected chi connectivity index (χ3v) is 0. The van der Waals surface area contributed by atoms with Crippen molar-refractivity contribution >= 4 is 51.0 Å². The first-order chi connectivity index (χ1) is 0. The zero-order chi connectivity index (χ0) is 0. The summed E-state index contributed by atoms with van der Waals surface area (Å²) in [6, 6.07) is 0. The van der Waals surface area contributed by atoms with Gasteiger partial charge in [0.05, 0.1) is 0 Å². The Morgan fingerprint density at radius 3 is 0.500 bits per heavy atom. The van der Waals surface area contributed by atoms with Gasteiger partial charge in [0.1, 0.15) is 0 Å². The molecule has 0 radical (unpaired) electrons. The fourth-order valence-corrected chi connectivity index (χ4v) is 0. The predicted molar refractivity (Wildman–Crippen MR) is 51.1 cm³/mol. The Hall–Kier alpha value is 1.79. The monoisotopic (exact) mass is 110 g/mol. The topological polar surface area (TPSA) is 0 Å². The van der Waals surface area contributed by atoms with Gasteiger partial charge in [-0.25, -0.2) is 0 Å². The first kappa shape index (κ1) is 112. The Morgan fingerprint density at radius 1 is 0.500 bits per heavy atom. The molecule has 0 aromatic carbocycles. The molecule has 0 heterocycles. The molecule has 0 saturated heterocycles. The second kappa shape index (κ2) is 70.9. The first-order valence-electron chi connectivity index (χ1n) is 0. The Kier molecular flexibility index (Phi) is 1320. The van der Waals surface area contributed by atoms with Crippen LogP contribution >= 0.6 is 0 Å². The van der Waals surface area contributed by atoms with Crippen LogP contribution in [0, 0.1) is 0 Å². The van der Waals surface area contributed by atoms with E-state index in [1.165, 1.54) is 0 Å². The summed E-state index contributed by atoms with van der Waals surface area (Å²) in [5, 5.41) is 0. The van der Waals surface area contributed by atoms with Crippen LogP contribution in [-0.4, -0.2) is 51.0 Å². The molecule has 0 aliphatic rings. The Balaban J connectivity index is 0. The van der Waals surface area contributed by atoms with Gasteiger partial charge < -0.3 is 0 Å². The summed E-state index contributed by atoms with van der Waals surface area (Å²) in [7, 11) is 0. The largest absolute Gasteiger partial charge is 3.00 e. The summed E-state index contributed by atoms with van der Waals surface area (Å²) in [6.45, 7) is 0. The Morgan fingerprint density at radius 2 is 0.500 bits per heavy atom. The van der Waals surface area contributed by atoms with Crippen LogP contribution in [0.15, 0.2) is 0 Å². The quantitative estimate of drug-likeness (QED) is 0.271. The molecule has 0 aromatic rings. The van der Waals surface area contributed by atoms with Crippen molar-refractivity contribution < 1.29 is 29.6 Å². The summed E-state index contributed by atoms with van der Waals surface area (Å²) in [4.78, 5) is 0. The maximum atomic E-state index is 0. The zero-order valence-corrected chi connectivity index (χ0v) is 4.73. The van der Waals surface area contributed by atoms with Crippen LogP contribution in [0.1, 0.15) is 0 Å². The van der Waals surface area contributed by atoms with Crippen LogP contribution in [0.3, 0.4) is 0 Å². The second-order valence-electron chi connectivity index (χ2n) is 0. The standard InChI is InChI=1S/Al.4BH4.Na/h;4*1H4;/q+3;4*-1;+1. The van der Waals surface area contributed by atoms with Gasteiger partial charge in [-0.2, -0.15) is 0 Å². The normalized spacial score (nSPS) is 0. The van der Waals surface area contributed by atoms with E-state index in [2.05, 4.69) is 0 Å². The van der Waals surface area contributed by atoms with Gasteiger partial charge in [-0.15, -0.1) is 0 Å². The number of hydrogen-bond donors (Lipinski definition) is 0. The molecule has 0 amide bonds. The third-order valence-electron chi connectivity index (χ3n) is 0. The molecule has 0 aliphatic heterocycles. The second-order valence-corrected chi connectivity index (χ2v) is 0. The molecule has 0 unspecified atom stereocenters. The summed E-state index contributed by atoms with van der Waals surface area (Å²) in [5.41, 5.74) is 0. The molecule has 0 spiro atoms. The molecule has 0 atom stereocenters. The molecular formula is H16AlB4Na. The van der Waals surface area contributed by atoms with E-state index in [1.807, 2.05) is 0 Å². The van der Waals surface area contributed by atoms with Crippen molar-refractivity contribution in [1.29, 1.82) is 0 Å². The minimum Gasteiger partial charge on any atom is -0.0626 e. The molecule has 32 valence electrons. The van der Waals surface area contributed by atoms with Crippen LogP contribution in [-0.2, 0) is 0 Å². The van der Waals surface area contributed by atoms with E-state index in [0.717, 1.165) is 0 Å². The predicted octanol–water partition coefficient (Wildman–Crippen LogP) is -9.18. The van der Waals surface area contributed by atoms with Crippen molar-refractivity contribution in [3.8, 4) is 0 Å². The molecule has 0 fully saturated rings. The van der Waals surface area contributed by atoms with Gasteiger partial charge >= 0.3 is 46.9 Å². The zero-order valence-electron chi connectivity index (χ0n) is 1.58. The van der Waals surface area contributed by atoms with Gasteiger partial charge in [0.25, 0.3) is 0 Å². The van der Waals surface area contributed by atoms with Gasteiger partial charge in [0, 0.05) is 0 Å². The average Bonchev–Trinajstić information content (AvgIpc) is 0. The van der Waals surface area contributed by atoms with Crippen LogP contribution in [0.5, 0.6) is 0 Å². The van der Waals surface area contributed by atoms with Gasteiger partial charge in [0.2, 0.25) is 0 Å². The van der Waals surface area contributed by atoms with Gasteiger partial charge in [0.15, 0.2) is 0 Å². The van der Waals surface area contributed by atoms with Crippen LogP contribution in [0.25, 0.3) is 0 Å². The van der Waals surface area contributed by atoms with Gasteiger partial charge in [-0.1, -0.05) is 33.7 Å². The maximum absolute atomic E-state index is 0. The minimum atomic E-state index is 0. The van der Waals surface area contributed by atoms with Crippen molar-refractivity contribution in [2.45, 2.75) is 0 Å². The van der Waals surface area contributed by atoms with E-state index in [-0.39, 0.29) is 80.6 Å². The third kappa shape index (κ3) is 41.4.